The zero-order valence-corrected chi connectivity index (χ0v) is 12.8. The maximum Gasteiger partial charge on any atom is 0.308 e. The zero-order valence-electron chi connectivity index (χ0n) is 11.2. The van der Waals surface area contributed by atoms with Gasteiger partial charge in [0.2, 0.25) is 10.0 Å². The number of carbonyl (C=O) groups is 1. The second kappa shape index (κ2) is 7.19. The van der Waals surface area contributed by atoms with Crippen LogP contribution in [0, 0.1) is 0 Å². The number of hydrogen-bond donors (Lipinski definition) is 3. The summed E-state index contributed by atoms with van der Waals surface area (Å²) in [5.41, 5.74) is 0.157. The van der Waals surface area contributed by atoms with Crippen molar-refractivity contribution in [3.8, 4) is 0 Å². The predicted molar refractivity (Wildman–Crippen MR) is 75.0 cm³/mol. The molecule has 0 saturated heterocycles. The molecule has 0 amide bonds. The molecule has 0 aliphatic heterocycles. The molecule has 21 heavy (non-hydrogen) atoms. The van der Waals surface area contributed by atoms with E-state index in [0.29, 0.717) is 0 Å². The third kappa shape index (κ3) is 4.94. The number of aliphatic hydroxyl groups is 2. The molecule has 0 saturated carbocycles. The molecule has 0 bridgehead atoms. The van der Waals surface area contributed by atoms with E-state index in [1.165, 1.54) is 12.1 Å². The number of sulfonamides is 1. The molecule has 0 aliphatic carbocycles. The minimum Gasteiger partial charge on any atom is -0.466 e. The van der Waals surface area contributed by atoms with Crippen molar-refractivity contribution in [1.29, 1.82) is 0 Å². The highest BCUT2D eigenvalue weighted by Crippen LogP contribution is 2.27. The lowest BCUT2D eigenvalue weighted by Gasteiger charge is -2.18. The first-order valence-corrected chi connectivity index (χ1v) is 7.93. The van der Waals surface area contributed by atoms with E-state index in [-0.39, 0.29) is 22.1 Å². The summed E-state index contributed by atoms with van der Waals surface area (Å²) >= 11 is 5.77. The van der Waals surface area contributed by atoms with Crippen molar-refractivity contribution in [2.24, 2.45) is 5.14 Å². The van der Waals surface area contributed by atoms with Crippen molar-refractivity contribution < 1.29 is 28.2 Å². The summed E-state index contributed by atoms with van der Waals surface area (Å²) in [5.74, 6) is -0.656. The molecule has 0 heterocycles. The normalized spacial score (nSPS) is 14.5. The summed E-state index contributed by atoms with van der Waals surface area (Å²) in [6.45, 7) is 1.78. The number of aliphatic hydroxyl groups excluding tert-OH is 2. The molecular weight excluding hydrogens is 322 g/mol. The first kappa shape index (κ1) is 17.9. The van der Waals surface area contributed by atoms with Crippen molar-refractivity contribution in [3.63, 3.8) is 0 Å². The quantitative estimate of drug-likeness (QED) is 0.642. The Kier molecular flexibility index (Phi) is 6.11. The van der Waals surface area contributed by atoms with E-state index < -0.39 is 34.6 Å². The van der Waals surface area contributed by atoms with Gasteiger partial charge < -0.3 is 14.9 Å². The van der Waals surface area contributed by atoms with Crippen molar-refractivity contribution in [2.75, 3.05) is 6.61 Å². The van der Waals surface area contributed by atoms with E-state index >= 15 is 0 Å². The van der Waals surface area contributed by atoms with Gasteiger partial charge in [-0.05, 0) is 24.6 Å². The van der Waals surface area contributed by atoms with Crippen molar-refractivity contribution in [1.82, 2.24) is 0 Å². The van der Waals surface area contributed by atoms with Gasteiger partial charge in [-0.1, -0.05) is 17.7 Å². The molecule has 4 N–H and O–H groups in total. The number of carbonyl (C=O) groups excluding carboxylic acids is 1. The highest BCUT2D eigenvalue weighted by molar-refractivity contribution is 7.89. The van der Waals surface area contributed by atoms with E-state index in [4.69, 9.17) is 16.7 Å². The van der Waals surface area contributed by atoms with Gasteiger partial charge in [0.1, 0.15) is 11.0 Å². The van der Waals surface area contributed by atoms with Crippen LogP contribution in [0.1, 0.15) is 25.0 Å². The van der Waals surface area contributed by atoms with Gasteiger partial charge in [-0.25, -0.2) is 13.6 Å². The number of hydrogen-bond acceptors (Lipinski definition) is 6. The lowest BCUT2D eigenvalue weighted by molar-refractivity contribution is -0.147. The number of nitrogens with two attached hydrogens (primary N) is 1. The van der Waals surface area contributed by atoms with E-state index in [2.05, 4.69) is 4.74 Å². The molecule has 9 heteroatoms. The summed E-state index contributed by atoms with van der Waals surface area (Å²) in [6, 6.07) is 3.54. The maximum absolute atomic E-state index is 11.2. The molecule has 1 rings (SSSR count). The molecule has 0 aromatic heterocycles. The van der Waals surface area contributed by atoms with Gasteiger partial charge in [0.15, 0.2) is 0 Å². The molecule has 0 fully saturated rings. The van der Waals surface area contributed by atoms with Crippen LogP contribution in [-0.4, -0.2) is 37.3 Å². The summed E-state index contributed by atoms with van der Waals surface area (Å²) < 4.78 is 27.1. The van der Waals surface area contributed by atoms with E-state index in [9.17, 15) is 23.4 Å². The zero-order chi connectivity index (χ0) is 16.2. The summed E-state index contributed by atoms with van der Waals surface area (Å²) in [5, 5.41) is 24.5. The van der Waals surface area contributed by atoms with Crippen molar-refractivity contribution in [2.45, 2.75) is 30.4 Å². The average molecular weight is 338 g/mol. The smallest absolute Gasteiger partial charge is 0.308 e. The van der Waals surface area contributed by atoms with Gasteiger partial charge in [-0.15, -0.1) is 0 Å². The van der Waals surface area contributed by atoms with Crippen LogP contribution in [0.15, 0.2) is 23.1 Å². The first-order chi connectivity index (χ1) is 9.66. The minimum atomic E-state index is -3.97. The molecule has 0 spiro atoms. The fourth-order valence-electron chi connectivity index (χ4n) is 1.66. The van der Waals surface area contributed by atoms with Gasteiger partial charge in [-0.2, -0.15) is 0 Å². The minimum absolute atomic E-state index is 0.157. The third-order valence-electron chi connectivity index (χ3n) is 2.65. The lowest BCUT2D eigenvalue weighted by Crippen LogP contribution is -2.23. The summed E-state index contributed by atoms with van der Waals surface area (Å²) in [6.07, 6.45) is -3.22. The number of esters is 1. The number of primary sulfonamides is 1. The first-order valence-electron chi connectivity index (χ1n) is 6.00. The third-order valence-corrected chi connectivity index (χ3v) is 4.04. The Morgan fingerprint density at radius 3 is 2.52 bits per heavy atom. The van der Waals surface area contributed by atoms with Crippen molar-refractivity contribution >= 4 is 27.6 Å². The van der Waals surface area contributed by atoms with Crippen molar-refractivity contribution in [3.05, 3.63) is 28.8 Å². The average Bonchev–Trinajstić information content (AvgIpc) is 2.36. The van der Waals surface area contributed by atoms with E-state index in [0.717, 1.165) is 6.07 Å². The molecule has 7 nitrogen and oxygen atoms in total. The Labute approximate surface area is 127 Å². The summed E-state index contributed by atoms with van der Waals surface area (Å²) in [4.78, 5) is 10.9. The van der Waals surface area contributed by atoms with E-state index in [1.54, 1.807) is 6.92 Å². The SMILES string of the molecule is CCOC(=O)CC(O)C(O)c1ccc(S(N)(=O)=O)c(Cl)c1. The Hall–Kier alpha value is -1.19. The number of halogens is 1. The Morgan fingerprint density at radius 2 is 2.05 bits per heavy atom. The molecular formula is C12H16ClNO6S. The second-order valence-corrected chi connectivity index (χ2v) is 6.19. The molecule has 2 atom stereocenters. The van der Waals surface area contributed by atoms with Crippen LogP contribution in [0.2, 0.25) is 5.02 Å². The predicted octanol–water partition coefficient (Wildman–Crippen LogP) is 0.335. The van der Waals surface area contributed by atoms with Crippen LogP contribution in [-0.2, 0) is 19.6 Å². The largest absolute Gasteiger partial charge is 0.466 e. The molecule has 0 aliphatic rings. The summed E-state index contributed by atoms with van der Waals surface area (Å²) in [7, 11) is -3.97. The monoisotopic (exact) mass is 337 g/mol. The second-order valence-electron chi connectivity index (χ2n) is 4.26. The van der Waals surface area contributed by atoms with Gasteiger partial charge in [-0.3, -0.25) is 4.79 Å². The highest BCUT2D eigenvalue weighted by Gasteiger charge is 2.23. The van der Waals surface area contributed by atoms with Gasteiger partial charge >= 0.3 is 5.97 Å². The number of ether oxygens (including phenoxy) is 1. The van der Waals surface area contributed by atoms with Crippen LogP contribution < -0.4 is 5.14 Å². The standard InChI is InChI=1S/C12H16ClNO6S/c1-2-20-11(16)6-9(15)12(17)7-3-4-10(8(13)5-7)21(14,18)19/h3-5,9,12,15,17H,2,6H2,1H3,(H2,14,18,19). The Morgan fingerprint density at radius 1 is 1.43 bits per heavy atom. The molecule has 118 valence electrons. The lowest BCUT2D eigenvalue weighted by atomic mass is 10.0. The Balaban J connectivity index is 2.91. The van der Waals surface area contributed by atoms with E-state index in [1.807, 2.05) is 0 Å². The highest BCUT2D eigenvalue weighted by atomic mass is 35.5. The number of rotatable bonds is 6. The van der Waals surface area contributed by atoms with Gasteiger partial charge in [0.05, 0.1) is 24.2 Å². The van der Waals surface area contributed by atoms with Crippen LogP contribution in [0.5, 0.6) is 0 Å². The Bertz CT molecular complexity index is 618. The fraction of sp³-hybridized carbons (Fsp3) is 0.417. The number of benzene rings is 1. The molecule has 1 aromatic rings. The van der Waals surface area contributed by atoms with Crippen LogP contribution in [0.3, 0.4) is 0 Å². The van der Waals surface area contributed by atoms with Crippen LogP contribution in [0.4, 0.5) is 0 Å². The van der Waals surface area contributed by atoms with Crippen LogP contribution in [0.25, 0.3) is 0 Å². The molecule has 2 unspecified atom stereocenters. The van der Waals surface area contributed by atoms with Crippen LogP contribution >= 0.6 is 11.6 Å². The molecule has 1 aromatic carbocycles. The fourth-order valence-corrected chi connectivity index (χ4v) is 2.76. The maximum atomic E-state index is 11.2. The van der Waals surface area contributed by atoms with Gasteiger partial charge in [0, 0.05) is 0 Å². The van der Waals surface area contributed by atoms with Gasteiger partial charge in [0.25, 0.3) is 0 Å². The topological polar surface area (TPSA) is 127 Å². The molecule has 0 radical (unpaired) electrons.